The summed E-state index contributed by atoms with van der Waals surface area (Å²) in [5.74, 6) is 0. The molecule has 4 fully saturated rings. The molecule has 0 spiro atoms. The van der Waals surface area contributed by atoms with Crippen LogP contribution >= 0.6 is 15.6 Å². The van der Waals surface area contributed by atoms with E-state index in [4.69, 9.17) is 42.2 Å². The van der Waals surface area contributed by atoms with Crippen molar-refractivity contribution in [1.29, 1.82) is 0 Å². The first-order chi connectivity index (χ1) is 50.5. The van der Waals surface area contributed by atoms with Gasteiger partial charge in [0, 0.05) is 0 Å². The predicted octanol–water partition coefficient (Wildman–Crippen LogP) is 9.50. The summed E-state index contributed by atoms with van der Waals surface area (Å²) in [5, 5.41) is 128. The van der Waals surface area contributed by atoms with Crippen molar-refractivity contribution in [2.24, 2.45) is 0 Å². The average molecular weight is 1560 g/mol. The Morgan fingerprint density at radius 2 is 0.617 bits per heavy atom. The van der Waals surface area contributed by atoms with Crippen LogP contribution in [0.3, 0.4) is 0 Å². The maximum absolute atomic E-state index is 13.2. The van der Waals surface area contributed by atoms with Crippen molar-refractivity contribution < 1.29 is 127 Å². The van der Waals surface area contributed by atoms with Gasteiger partial charge in [0.15, 0.2) is 25.2 Å². The van der Waals surface area contributed by atoms with E-state index >= 15 is 0 Å². The number of aliphatic hydroxyl groups excluding tert-OH is 12. The van der Waals surface area contributed by atoms with Gasteiger partial charge in [0.25, 0.3) is 15.6 Å². The highest BCUT2D eigenvalue weighted by atomic mass is 31.3. The maximum atomic E-state index is 13.2. The van der Waals surface area contributed by atoms with Crippen LogP contribution in [0.15, 0.2) is 128 Å². The smallest absolute Gasteiger partial charge is 0.276 e. The van der Waals surface area contributed by atoms with E-state index in [2.05, 4.69) is 134 Å². The molecule has 0 aromatic heterocycles. The summed E-state index contributed by atoms with van der Waals surface area (Å²) in [4.78, 5) is 26.0. The van der Waals surface area contributed by atoms with E-state index in [-0.39, 0.29) is 0 Å². The molecule has 0 radical (unpaired) electrons. The molecule has 614 valence electrons. The molecular formula is C79H130O26P2-2. The molecule has 0 bridgehead atoms. The molecule has 0 aromatic carbocycles. The Kier molecular flexibility index (Phi) is 44.2. The van der Waals surface area contributed by atoms with Gasteiger partial charge in [0.2, 0.25) is 0 Å². The average Bonchev–Trinajstić information content (AvgIpc) is 0.754. The predicted molar refractivity (Wildman–Crippen MR) is 403 cm³/mol. The third-order valence-electron chi connectivity index (χ3n) is 19.6. The molecule has 0 saturated carbocycles. The van der Waals surface area contributed by atoms with Crippen LogP contribution in [0, 0.1) is 0 Å². The summed E-state index contributed by atoms with van der Waals surface area (Å²) in [6, 6.07) is 0. The Labute approximate surface area is 635 Å². The molecule has 0 amide bonds. The molecule has 4 rings (SSSR count). The van der Waals surface area contributed by atoms with E-state index in [0.29, 0.717) is 18.4 Å². The van der Waals surface area contributed by atoms with Crippen LogP contribution in [0.25, 0.3) is 0 Å². The molecule has 0 aromatic rings. The van der Waals surface area contributed by atoms with E-state index in [9.17, 15) is 80.2 Å². The van der Waals surface area contributed by atoms with Crippen molar-refractivity contribution in [3.8, 4) is 0 Å². The van der Waals surface area contributed by atoms with E-state index in [1.165, 1.54) is 68.7 Å². The third kappa shape index (κ3) is 34.9. The van der Waals surface area contributed by atoms with Crippen molar-refractivity contribution in [3.63, 3.8) is 0 Å². The number of ether oxygens (including phenoxy) is 7. The largest absolute Gasteiger partial charge is 0.756 e. The molecule has 107 heavy (non-hydrogen) atoms. The third-order valence-corrected chi connectivity index (χ3v) is 22.2. The second kappa shape index (κ2) is 49.3. The van der Waals surface area contributed by atoms with Gasteiger partial charge in [-0.3, -0.25) is 13.7 Å². The van der Waals surface area contributed by atoms with Gasteiger partial charge < -0.3 is 109 Å². The van der Waals surface area contributed by atoms with Crippen LogP contribution in [-0.4, -0.2) is 211 Å². The summed E-state index contributed by atoms with van der Waals surface area (Å²) in [6.07, 6.45) is 5.38. The summed E-state index contributed by atoms with van der Waals surface area (Å²) in [5.41, 5.74) is 14.8. The second-order valence-electron chi connectivity index (χ2n) is 29.7. The first-order valence-electron chi connectivity index (χ1n) is 37.9. The normalized spacial score (nSPS) is 32.1. The lowest BCUT2D eigenvalue weighted by molar-refractivity contribution is -0.402. The Hall–Kier alpha value is -3.36. The first kappa shape index (κ1) is 96.0. The number of hydrogen-bond donors (Lipinski definition) is 12. The molecule has 4 saturated heterocycles. The molecular weight excluding hydrogens is 1430 g/mol. The van der Waals surface area contributed by atoms with E-state index in [1.54, 1.807) is 6.92 Å². The molecule has 28 heteroatoms. The van der Waals surface area contributed by atoms with Crippen molar-refractivity contribution in [2.75, 3.05) is 26.4 Å². The number of phosphoric acid groups is 2. The van der Waals surface area contributed by atoms with E-state index in [1.807, 2.05) is 6.92 Å². The Morgan fingerprint density at radius 1 is 0.327 bits per heavy atom. The number of allylic oxidation sites excluding steroid dienone is 21. The van der Waals surface area contributed by atoms with Crippen molar-refractivity contribution in [3.05, 3.63) is 128 Å². The lowest BCUT2D eigenvalue weighted by atomic mass is 9.96. The lowest BCUT2D eigenvalue weighted by Gasteiger charge is -2.49. The zero-order valence-corrected chi connectivity index (χ0v) is 67.1. The Bertz CT molecular complexity index is 3110. The highest BCUT2D eigenvalue weighted by molar-refractivity contribution is 7.59. The quantitative estimate of drug-likeness (QED) is 0.0199. The zero-order valence-electron chi connectivity index (χ0n) is 65.3. The minimum Gasteiger partial charge on any atom is -0.756 e. The number of rotatable bonds is 46. The molecule has 4 aliphatic rings. The Balaban J connectivity index is 1.16. The van der Waals surface area contributed by atoms with E-state index in [0.717, 1.165) is 116 Å². The fourth-order valence-electron chi connectivity index (χ4n) is 12.6. The monoisotopic (exact) mass is 1560 g/mol. The molecule has 26 nitrogen and oxygen atoms in total. The standard InChI is InChI=1S/C79H132O26P2/c1-49(2)24-14-25-50(3)26-15-27-51(4)28-16-29-52(5)30-17-31-53(6)32-18-33-54(7)34-19-35-55(8)36-20-37-56(9)38-21-39-57(10)40-22-41-58(11)42-23-43-59(12)44-45-96-106(92,93)105-107(94,95)104-77-72(91)73(67(86)63(48-82)98-77)101-78-75(70(89)66(85)61(46-80)99-78)103-79-74(69(88)65(84)62(47-81)100-79)102-76-71(90)68(87)64(83)60(13)97-76/h24,26,28,30,32,34,36,38,40,42,44,60-91H,14-23,25,27,29,31,33,35,37,39,41,43,45-48H2,1-13H3,(H,92,93)(H,94,95)/p-2/b50-26+,51-28+,52-30-,53-32-,54-34-,55-36-,56-38-,57-40-,58-42-,59-44-/t60-,61+,62+,63+,64-,65+,66+,67+,68+,69-,70-,71+,72+,73-,74-,75-,76-,77+,78+,79+/m0/s1. The summed E-state index contributed by atoms with van der Waals surface area (Å²) < 4.78 is 79.3. The van der Waals surface area contributed by atoms with Gasteiger partial charge in [0.05, 0.1) is 32.5 Å². The van der Waals surface area contributed by atoms with Crippen LogP contribution in [0.1, 0.15) is 218 Å². The molecule has 0 aliphatic carbocycles. The molecule has 2 unspecified atom stereocenters. The fraction of sp³-hybridized carbons (Fsp3) is 0.722. The molecule has 4 aliphatic heterocycles. The lowest BCUT2D eigenvalue weighted by Crippen LogP contribution is -2.68. The van der Waals surface area contributed by atoms with Crippen molar-refractivity contribution >= 4 is 15.6 Å². The SMILES string of the molecule is CC(C)=CCC/C(C)=C/CC/C(C)=C/CC/C(C)=C\CC/C(C)=C\CC/C(C)=C\CC/C(C)=C\CC/C(C)=C\CC/C(C)=C\CC/C(C)=C\CC/C(C)=C\COP(=O)([O-])OP(=O)([O-])O[C@H]1O[C@H](CO)[C@@H](O)[C@H](O[C@H]2O[C@H](CO)[C@@H](O)[C@H](O)[C@@H]2O[C@H]2O[C@H](CO)[C@@H](O)[C@H](O)[C@@H]2O[C@@H]2O[C@@H](C)[C@H](O)[C@@H](O)[C@H]2O)[C@H]1O. The van der Waals surface area contributed by atoms with Crippen molar-refractivity contribution in [2.45, 2.75) is 341 Å². The number of hydrogen-bond acceptors (Lipinski definition) is 26. The van der Waals surface area contributed by atoms with Crippen LogP contribution in [0.5, 0.6) is 0 Å². The molecule has 4 heterocycles. The van der Waals surface area contributed by atoms with Crippen LogP contribution in [0.4, 0.5) is 0 Å². The zero-order chi connectivity index (χ0) is 79.7. The highest BCUT2D eigenvalue weighted by Gasteiger charge is 2.56. The highest BCUT2D eigenvalue weighted by Crippen LogP contribution is 2.57. The van der Waals surface area contributed by atoms with E-state index < -0.39 is 165 Å². The van der Waals surface area contributed by atoms with Gasteiger partial charge in [-0.25, -0.2) is 4.31 Å². The van der Waals surface area contributed by atoms with Crippen LogP contribution < -0.4 is 9.79 Å². The maximum Gasteiger partial charge on any atom is 0.276 e. The minimum absolute atomic E-state index is 0.518. The van der Waals surface area contributed by atoms with Gasteiger partial charge in [-0.15, -0.1) is 0 Å². The summed E-state index contributed by atoms with van der Waals surface area (Å²) in [6.45, 7) is 23.5. The van der Waals surface area contributed by atoms with Crippen LogP contribution in [-0.2, 0) is 55.6 Å². The van der Waals surface area contributed by atoms with Gasteiger partial charge in [-0.1, -0.05) is 128 Å². The van der Waals surface area contributed by atoms with Crippen molar-refractivity contribution in [1.82, 2.24) is 0 Å². The molecule has 22 atom stereocenters. The topological polar surface area (TPSA) is 415 Å². The fourth-order valence-corrected chi connectivity index (χ4v) is 14.6. The number of phosphoric ester groups is 2. The minimum atomic E-state index is -6.13. The van der Waals surface area contributed by atoms with Gasteiger partial charge in [0.1, 0.15) is 91.6 Å². The first-order valence-corrected chi connectivity index (χ1v) is 40.8. The van der Waals surface area contributed by atoms with Gasteiger partial charge in [-0.2, -0.15) is 0 Å². The summed E-state index contributed by atoms with van der Waals surface area (Å²) >= 11 is 0. The second-order valence-corrected chi connectivity index (χ2v) is 32.6. The Morgan fingerprint density at radius 3 is 0.944 bits per heavy atom. The summed E-state index contributed by atoms with van der Waals surface area (Å²) in [7, 11) is -11.9. The van der Waals surface area contributed by atoms with Gasteiger partial charge >= 0.3 is 0 Å². The van der Waals surface area contributed by atoms with Crippen LogP contribution in [0.2, 0.25) is 0 Å². The molecule has 12 N–H and O–H groups in total. The number of aliphatic hydroxyl groups is 12. The van der Waals surface area contributed by atoms with Gasteiger partial charge in [-0.05, 0) is 218 Å².